The largest absolute Gasteiger partial charge is 0.508 e. The number of rotatable bonds is 12. The number of aliphatic carboxylic acids is 1. The Morgan fingerprint density at radius 2 is 1.45 bits per heavy atom. The van der Waals surface area contributed by atoms with Gasteiger partial charge in [-0.2, -0.15) is 0 Å². The molecular formula is C23H36N4O6. The van der Waals surface area contributed by atoms with E-state index in [0.29, 0.717) is 6.42 Å². The Labute approximate surface area is 194 Å². The summed E-state index contributed by atoms with van der Waals surface area (Å²) in [6.45, 7) is 8.56. The number of phenolic OH excluding ortho intramolecular Hbond substituents is 1. The topological polar surface area (TPSA) is 171 Å². The third kappa shape index (κ3) is 9.48. The third-order valence-corrected chi connectivity index (χ3v) is 5.04. The molecule has 1 aromatic rings. The standard InChI is InChI=1S/C23H36N4O6/c1-12(2)10-18(26-20(29)17(24)11-15-6-8-16(28)9-7-15)21(30)27-19(13(3)4)22(31)25-14(5)23(32)33/h6-9,12-14,17-19,28H,10-11,24H2,1-5H3,(H,25,31)(H,26,29)(H,27,30)(H,32,33). The molecule has 4 unspecified atom stereocenters. The number of phenols is 1. The average molecular weight is 465 g/mol. The quantitative estimate of drug-likeness (QED) is 0.262. The Morgan fingerprint density at radius 3 is 1.94 bits per heavy atom. The molecule has 1 aromatic carbocycles. The highest BCUT2D eigenvalue weighted by Gasteiger charge is 2.31. The molecule has 10 nitrogen and oxygen atoms in total. The van der Waals surface area contributed by atoms with Gasteiger partial charge in [0.2, 0.25) is 17.7 Å². The van der Waals surface area contributed by atoms with Gasteiger partial charge in [0.05, 0.1) is 6.04 Å². The summed E-state index contributed by atoms with van der Waals surface area (Å²) in [5.74, 6) is -3.03. The second kappa shape index (κ2) is 12.8. The van der Waals surface area contributed by atoms with Gasteiger partial charge in [-0.15, -0.1) is 0 Å². The molecule has 0 saturated heterocycles. The minimum Gasteiger partial charge on any atom is -0.508 e. The number of benzene rings is 1. The van der Waals surface area contributed by atoms with E-state index in [0.717, 1.165) is 5.56 Å². The normalized spacial score (nSPS) is 14.8. The van der Waals surface area contributed by atoms with E-state index in [1.165, 1.54) is 19.1 Å². The second-order valence-corrected chi connectivity index (χ2v) is 8.97. The van der Waals surface area contributed by atoms with Crippen molar-refractivity contribution in [1.29, 1.82) is 0 Å². The van der Waals surface area contributed by atoms with Crippen LogP contribution in [0.1, 0.15) is 46.6 Å². The zero-order valence-corrected chi connectivity index (χ0v) is 19.8. The summed E-state index contributed by atoms with van der Waals surface area (Å²) in [5.41, 5.74) is 6.78. The highest BCUT2D eigenvalue weighted by atomic mass is 16.4. The minimum absolute atomic E-state index is 0.0627. The van der Waals surface area contributed by atoms with Gasteiger partial charge in [-0.05, 0) is 49.3 Å². The Kier molecular flexibility index (Phi) is 10.8. The molecule has 0 aromatic heterocycles. The van der Waals surface area contributed by atoms with E-state index in [-0.39, 0.29) is 24.0 Å². The van der Waals surface area contributed by atoms with Gasteiger partial charge < -0.3 is 31.9 Å². The van der Waals surface area contributed by atoms with Crippen LogP contribution >= 0.6 is 0 Å². The van der Waals surface area contributed by atoms with Crippen molar-refractivity contribution in [3.05, 3.63) is 29.8 Å². The van der Waals surface area contributed by atoms with Crippen LogP contribution in [0.15, 0.2) is 24.3 Å². The van der Waals surface area contributed by atoms with Crippen LogP contribution in [0, 0.1) is 11.8 Å². The number of hydrogen-bond acceptors (Lipinski definition) is 6. The van der Waals surface area contributed by atoms with Crippen molar-refractivity contribution in [3.63, 3.8) is 0 Å². The highest BCUT2D eigenvalue weighted by Crippen LogP contribution is 2.12. The summed E-state index contributed by atoms with van der Waals surface area (Å²) in [7, 11) is 0. The maximum Gasteiger partial charge on any atom is 0.325 e. The van der Waals surface area contributed by atoms with Crippen LogP contribution in [0.25, 0.3) is 0 Å². The van der Waals surface area contributed by atoms with E-state index in [9.17, 15) is 24.3 Å². The number of aromatic hydroxyl groups is 1. The van der Waals surface area contributed by atoms with Crippen molar-refractivity contribution in [2.75, 3.05) is 0 Å². The molecule has 0 spiro atoms. The molecule has 0 radical (unpaired) electrons. The van der Waals surface area contributed by atoms with Crippen molar-refractivity contribution >= 4 is 23.7 Å². The molecule has 0 aliphatic rings. The zero-order valence-electron chi connectivity index (χ0n) is 19.8. The molecule has 0 saturated carbocycles. The van der Waals surface area contributed by atoms with Crippen LogP contribution in [-0.4, -0.2) is 58.1 Å². The lowest BCUT2D eigenvalue weighted by Crippen LogP contribution is -2.58. The molecule has 0 aliphatic carbocycles. The monoisotopic (exact) mass is 464 g/mol. The molecule has 1 rings (SSSR count). The smallest absolute Gasteiger partial charge is 0.325 e. The van der Waals surface area contributed by atoms with Crippen molar-refractivity contribution in [1.82, 2.24) is 16.0 Å². The molecule has 4 atom stereocenters. The molecule has 33 heavy (non-hydrogen) atoms. The van der Waals surface area contributed by atoms with Gasteiger partial charge in [-0.25, -0.2) is 0 Å². The Hall–Kier alpha value is -3.14. The first-order valence-corrected chi connectivity index (χ1v) is 11.0. The van der Waals surface area contributed by atoms with E-state index in [1.807, 2.05) is 13.8 Å². The lowest BCUT2D eigenvalue weighted by atomic mass is 9.99. The summed E-state index contributed by atoms with van der Waals surface area (Å²) in [4.78, 5) is 49.2. The maximum atomic E-state index is 13.0. The van der Waals surface area contributed by atoms with E-state index < -0.39 is 47.9 Å². The number of carboxylic acids is 1. The number of nitrogens with two attached hydrogens (primary N) is 1. The number of hydrogen-bond donors (Lipinski definition) is 6. The van der Waals surface area contributed by atoms with Crippen molar-refractivity contribution in [2.24, 2.45) is 17.6 Å². The fraction of sp³-hybridized carbons (Fsp3) is 0.565. The van der Waals surface area contributed by atoms with Crippen molar-refractivity contribution in [3.8, 4) is 5.75 Å². The van der Waals surface area contributed by atoms with Crippen LogP contribution < -0.4 is 21.7 Å². The van der Waals surface area contributed by atoms with Gasteiger partial charge in [-0.1, -0.05) is 39.8 Å². The Bertz CT molecular complexity index is 825. The lowest BCUT2D eigenvalue weighted by molar-refractivity contribution is -0.142. The Morgan fingerprint density at radius 1 is 0.879 bits per heavy atom. The molecule has 10 heteroatoms. The van der Waals surface area contributed by atoms with E-state index in [4.69, 9.17) is 10.8 Å². The number of nitrogens with one attached hydrogen (secondary N) is 3. The van der Waals surface area contributed by atoms with Crippen LogP contribution in [0.4, 0.5) is 0 Å². The first-order chi connectivity index (χ1) is 15.3. The van der Waals surface area contributed by atoms with Gasteiger partial charge in [-0.3, -0.25) is 19.2 Å². The summed E-state index contributed by atoms with van der Waals surface area (Å²) in [6.07, 6.45) is 0.535. The van der Waals surface area contributed by atoms with E-state index in [2.05, 4.69) is 16.0 Å². The number of carboxylic acid groups (broad SMARTS) is 1. The summed E-state index contributed by atoms with van der Waals surface area (Å²) in [5, 5.41) is 26.1. The number of carbonyl (C=O) groups excluding carboxylic acids is 3. The first-order valence-electron chi connectivity index (χ1n) is 11.0. The van der Waals surface area contributed by atoms with Gasteiger partial charge in [0.15, 0.2) is 0 Å². The molecule has 0 aliphatic heterocycles. The predicted octanol–water partition coefficient (Wildman–Crippen LogP) is 0.523. The summed E-state index contributed by atoms with van der Waals surface area (Å²) >= 11 is 0. The molecule has 0 bridgehead atoms. The summed E-state index contributed by atoms with van der Waals surface area (Å²) in [6, 6.07) is 2.38. The van der Waals surface area contributed by atoms with Gasteiger partial charge in [0, 0.05) is 0 Å². The third-order valence-electron chi connectivity index (χ3n) is 5.04. The minimum atomic E-state index is -1.19. The van der Waals surface area contributed by atoms with E-state index >= 15 is 0 Å². The molecule has 0 fully saturated rings. The fourth-order valence-electron chi connectivity index (χ4n) is 3.11. The van der Waals surface area contributed by atoms with Gasteiger partial charge in [0.25, 0.3) is 0 Å². The van der Waals surface area contributed by atoms with Crippen LogP contribution in [0.2, 0.25) is 0 Å². The van der Waals surface area contributed by atoms with Gasteiger partial charge >= 0.3 is 5.97 Å². The van der Waals surface area contributed by atoms with Crippen LogP contribution in [0.5, 0.6) is 5.75 Å². The van der Waals surface area contributed by atoms with Crippen molar-refractivity contribution < 1.29 is 29.4 Å². The molecule has 0 heterocycles. The first kappa shape index (κ1) is 27.9. The van der Waals surface area contributed by atoms with Crippen molar-refractivity contribution in [2.45, 2.75) is 71.6 Å². The zero-order chi connectivity index (χ0) is 25.3. The predicted molar refractivity (Wildman–Crippen MR) is 123 cm³/mol. The van der Waals surface area contributed by atoms with Crippen LogP contribution in [-0.2, 0) is 25.6 Å². The Balaban J connectivity index is 2.88. The number of amides is 3. The summed E-state index contributed by atoms with van der Waals surface area (Å²) < 4.78 is 0. The molecule has 7 N–H and O–H groups in total. The SMILES string of the molecule is CC(C)CC(NC(=O)C(N)Cc1ccc(O)cc1)C(=O)NC(C(=O)NC(C)C(=O)O)C(C)C. The number of carbonyl (C=O) groups is 4. The van der Waals surface area contributed by atoms with Gasteiger partial charge in [0.1, 0.15) is 23.9 Å². The average Bonchev–Trinajstić information content (AvgIpc) is 2.71. The second-order valence-electron chi connectivity index (χ2n) is 8.97. The highest BCUT2D eigenvalue weighted by molar-refractivity contribution is 5.94. The molecular weight excluding hydrogens is 428 g/mol. The van der Waals surface area contributed by atoms with Crippen LogP contribution in [0.3, 0.4) is 0 Å². The fourth-order valence-corrected chi connectivity index (χ4v) is 3.11. The maximum absolute atomic E-state index is 13.0. The molecule has 184 valence electrons. The molecule has 3 amide bonds. The van der Waals surface area contributed by atoms with E-state index in [1.54, 1.807) is 26.0 Å². The lowest BCUT2D eigenvalue weighted by Gasteiger charge is -2.27.